The van der Waals surface area contributed by atoms with Crippen LogP contribution in [0.2, 0.25) is 0 Å². The van der Waals surface area contributed by atoms with Crippen LogP contribution in [0.1, 0.15) is 10.4 Å². The second kappa shape index (κ2) is 8.75. The lowest BCUT2D eigenvalue weighted by Crippen LogP contribution is -2.17. The molecule has 1 amide bonds. The molecule has 0 aliphatic carbocycles. The number of nitrogen functional groups attached to an aromatic ring is 1. The first-order valence-corrected chi connectivity index (χ1v) is 6.19. The third kappa shape index (κ3) is 5.74. The quantitative estimate of drug-likeness (QED) is 0.465. The molecule has 5 N–H and O–H groups in total. The number of para-hydroxylation sites is 1. The zero-order chi connectivity index (χ0) is 16.4. The number of nitrogens with two attached hydrogens (primary N) is 1. The topological polar surface area (TPSA) is 125 Å². The Balaban J connectivity index is 0.000000175. The van der Waals surface area contributed by atoms with Crippen molar-refractivity contribution in [2.45, 2.75) is 0 Å². The van der Waals surface area contributed by atoms with Crippen molar-refractivity contribution in [1.29, 1.82) is 0 Å². The Labute approximate surface area is 126 Å². The molecular weight excluding hydrogens is 286 g/mol. The van der Waals surface area contributed by atoms with E-state index < -0.39 is 17.7 Å². The summed E-state index contributed by atoms with van der Waals surface area (Å²) in [6.45, 7) is 0. The molecule has 0 saturated carbocycles. The van der Waals surface area contributed by atoms with Gasteiger partial charge in [-0.1, -0.05) is 12.1 Å². The minimum atomic E-state index is -0.988. The number of aromatic amines is 1. The molecule has 3 rings (SSSR count). The number of rotatable bonds is 1. The molecule has 1 aromatic carbocycles. The average molecular weight is 301 g/mol. The largest absolute Gasteiger partial charge is 0.478 e. The fraction of sp³-hybridized carbons (Fsp3) is 0. The van der Waals surface area contributed by atoms with Crippen molar-refractivity contribution in [3.05, 3.63) is 66.6 Å². The lowest BCUT2D eigenvalue weighted by molar-refractivity contribution is -0.133. The standard InChI is InChI=1S/C7H7NO2.C4H3NO2.C4H5N/c8-6-4-2-1-3-5(6)7(9)10;6-3-1-2-5-4(3)7;1-2-4-5-3-1/h1-4H,8H2,(H,9,10);1-2H,(H,5,6,7);1-5H. The van der Waals surface area contributed by atoms with Crippen molar-refractivity contribution in [3.63, 3.8) is 0 Å². The molecule has 0 bridgehead atoms. The molecule has 22 heavy (non-hydrogen) atoms. The summed E-state index contributed by atoms with van der Waals surface area (Å²) in [7, 11) is 0. The van der Waals surface area contributed by atoms with Crippen LogP contribution in [-0.4, -0.2) is 27.8 Å². The maximum Gasteiger partial charge on any atom is 0.337 e. The highest BCUT2D eigenvalue weighted by Gasteiger charge is 2.12. The van der Waals surface area contributed by atoms with Gasteiger partial charge < -0.3 is 21.1 Å². The van der Waals surface area contributed by atoms with Crippen LogP contribution in [0.25, 0.3) is 0 Å². The van der Waals surface area contributed by atoms with E-state index >= 15 is 0 Å². The summed E-state index contributed by atoms with van der Waals surface area (Å²) in [4.78, 5) is 33.3. The Morgan fingerprint density at radius 3 is 1.95 bits per heavy atom. The number of carboxylic acids is 1. The van der Waals surface area contributed by atoms with Crippen molar-refractivity contribution in [3.8, 4) is 0 Å². The molecule has 0 fully saturated rings. The number of hydrogen-bond donors (Lipinski definition) is 4. The van der Waals surface area contributed by atoms with Crippen LogP contribution < -0.4 is 11.1 Å². The smallest absolute Gasteiger partial charge is 0.337 e. The number of nitrogens with one attached hydrogen (secondary N) is 2. The number of H-pyrrole nitrogens is 1. The van der Waals surface area contributed by atoms with Crippen LogP contribution in [-0.2, 0) is 9.59 Å². The maximum atomic E-state index is 10.3. The molecule has 0 unspecified atom stereocenters. The van der Waals surface area contributed by atoms with E-state index in [1.807, 2.05) is 24.5 Å². The maximum absolute atomic E-state index is 10.3. The van der Waals surface area contributed by atoms with Gasteiger partial charge in [0, 0.05) is 30.4 Å². The summed E-state index contributed by atoms with van der Waals surface area (Å²) in [5, 5.41) is 10.7. The van der Waals surface area contributed by atoms with Gasteiger partial charge >= 0.3 is 5.97 Å². The van der Waals surface area contributed by atoms with Gasteiger partial charge in [0.2, 0.25) is 5.78 Å². The minimum Gasteiger partial charge on any atom is -0.478 e. The number of ketones is 1. The predicted molar refractivity (Wildman–Crippen MR) is 80.9 cm³/mol. The number of anilines is 1. The van der Waals surface area contributed by atoms with Crippen LogP contribution >= 0.6 is 0 Å². The van der Waals surface area contributed by atoms with Crippen molar-refractivity contribution in [2.75, 3.05) is 5.73 Å². The Kier molecular flexibility index (Phi) is 6.64. The predicted octanol–water partition coefficient (Wildman–Crippen LogP) is 1.18. The first kappa shape index (κ1) is 16.7. The molecule has 0 radical (unpaired) electrons. The molecule has 2 heterocycles. The monoisotopic (exact) mass is 301 g/mol. The van der Waals surface area contributed by atoms with Gasteiger partial charge in [-0.25, -0.2) is 4.79 Å². The number of carboxylic acid groups (broad SMARTS) is 1. The van der Waals surface area contributed by atoms with E-state index in [0.717, 1.165) is 0 Å². The molecular formula is C15H15N3O4. The normalized spacial score (nSPS) is 11.6. The van der Waals surface area contributed by atoms with E-state index in [1.165, 1.54) is 18.3 Å². The minimum absolute atomic E-state index is 0.155. The summed E-state index contributed by atoms with van der Waals surface area (Å²) in [6, 6.07) is 10.3. The van der Waals surface area contributed by atoms with Gasteiger partial charge in [-0.15, -0.1) is 0 Å². The van der Waals surface area contributed by atoms with E-state index in [4.69, 9.17) is 10.8 Å². The summed E-state index contributed by atoms with van der Waals surface area (Å²) >= 11 is 0. The highest BCUT2D eigenvalue weighted by Crippen LogP contribution is 2.08. The molecule has 114 valence electrons. The van der Waals surface area contributed by atoms with Gasteiger partial charge in [0.15, 0.2) is 0 Å². The summed E-state index contributed by atoms with van der Waals surface area (Å²) in [5.41, 5.74) is 5.80. The van der Waals surface area contributed by atoms with Gasteiger partial charge in [0.1, 0.15) is 0 Å². The number of carbonyl (C=O) groups excluding carboxylic acids is 2. The van der Waals surface area contributed by atoms with Gasteiger partial charge in [-0.2, -0.15) is 0 Å². The zero-order valence-electron chi connectivity index (χ0n) is 11.5. The summed E-state index contributed by atoms with van der Waals surface area (Å²) in [5.74, 6) is -2.00. The second-order valence-electron chi connectivity index (χ2n) is 3.95. The third-order valence-corrected chi connectivity index (χ3v) is 2.36. The number of aromatic carboxylic acids is 1. The van der Waals surface area contributed by atoms with Crippen LogP contribution in [0, 0.1) is 0 Å². The Morgan fingerprint density at radius 2 is 1.68 bits per heavy atom. The highest BCUT2D eigenvalue weighted by atomic mass is 16.4. The second-order valence-corrected chi connectivity index (χ2v) is 3.95. The molecule has 0 saturated heterocycles. The summed E-state index contributed by atoms with van der Waals surface area (Å²) < 4.78 is 0. The molecule has 0 atom stereocenters. The lowest BCUT2D eigenvalue weighted by atomic mass is 10.2. The van der Waals surface area contributed by atoms with Crippen molar-refractivity contribution in [1.82, 2.24) is 10.3 Å². The molecule has 7 nitrogen and oxygen atoms in total. The van der Waals surface area contributed by atoms with Crippen molar-refractivity contribution >= 4 is 23.3 Å². The fourth-order valence-electron chi connectivity index (χ4n) is 1.31. The average Bonchev–Trinajstić information content (AvgIpc) is 3.16. The van der Waals surface area contributed by atoms with Crippen LogP contribution in [0.15, 0.2) is 61.1 Å². The van der Waals surface area contributed by atoms with Gasteiger partial charge in [-0.05, 0) is 24.3 Å². The summed E-state index contributed by atoms with van der Waals surface area (Å²) in [6.07, 6.45) is 6.27. The number of aromatic nitrogens is 1. The SMILES string of the molecule is Nc1ccccc1C(=O)O.O=C1C=CNC1=O.c1cc[nH]c1. The van der Waals surface area contributed by atoms with Crippen LogP contribution in [0.3, 0.4) is 0 Å². The third-order valence-electron chi connectivity index (χ3n) is 2.36. The van der Waals surface area contributed by atoms with E-state index in [0.29, 0.717) is 5.69 Å². The zero-order valence-corrected chi connectivity index (χ0v) is 11.5. The fourth-order valence-corrected chi connectivity index (χ4v) is 1.31. The van der Waals surface area contributed by atoms with Crippen LogP contribution in [0.5, 0.6) is 0 Å². The van der Waals surface area contributed by atoms with E-state index in [2.05, 4.69) is 10.3 Å². The Hall–Kier alpha value is -3.35. The van der Waals surface area contributed by atoms with Crippen molar-refractivity contribution < 1.29 is 19.5 Å². The molecule has 1 aliphatic heterocycles. The number of hydrogen-bond acceptors (Lipinski definition) is 4. The van der Waals surface area contributed by atoms with E-state index in [1.54, 1.807) is 18.2 Å². The van der Waals surface area contributed by atoms with Crippen LogP contribution in [0.4, 0.5) is 5.69 Å². The molecule has 2 aromatic rings. The molecule has 1 aliphatic rings. The first-order valence-electron chi connectivity index (χ1n) is 6.19. The number of benzene rings is 1. The van der Waals surface area contributed by atoms with Gasteiger partial charge in [0.25, 0.3) is 5.91 Å². The highest BCUT2D eigenvalue weighted by molar-refractivity contribution is 6.42. The molecule has 0 spiro atoms. The van der Waals surface area contributed by atoms with Crippen molar-refractivity contribution in [2.24, 2.45) is 0 Å². The van der Waals surface area contributed by atoms with E-state index in [9.17, 15) is 14.4 Å². The number of amides is 1. The molecule has 1 aromatic heterocycles. The Bertz CT molecular complexity index is 646. The lowest BCUT2D eigenvalue weighted by Gasteiger charge is -1.96. The molecule has 7 heteroatoms. The first-order chi connectivity index (χ1) is 10.5. The Morgan fingerprint density at radius 1 is 1.05 bits per heavy atom. The van der Waals surface area contributed by atoms with E-state index in [-0.39, 0.29) is 5.56 Å². The van der Waals surface area contributed by atoms with Gasteiger partial charge in [-0.3, -0.25) is 9.59 Å². The number of carbonyl (C=O) groups is 3. The van der Waals surface area contributed by atoms with Gasteiger partial charge in [0.05, 0.1) is 5.56 Å².